The number of thiophene rings is 1. The maximum atomic E-state index is 12.1. The summed E-state index contributed by atoms with van der Waals surface area (Å²) < 4.78 is 10.9. The first-order chi connectivity index (χ1) is 13.5. The lowest BCUT2D eigenvalue weighted by Crippen LogP contribution is -2.39. The Morgan fingerprint density at radius 3 is 2.86 bits per heavy atom. The number of benzene rings is 1. The minimum atomic E-state index is -0.347. The van der Waals surface area contributed by atoms with Crippen LogP contribution in [-0.4, -0.2) is 42.7 Å². The summed E-state index contributed by atoms with van der Waals surface area (Å²) in [7, 11) is 1.39. The monoisotopic (exact) mass is 417 g/mol. The van der Waals surface area contributed by atoms with Gasteiger partial charge in [0, 0.05) is 23.7 Å². The standard InChI is InChI=1S/C20H20ClN3O3S/c1-11-16-18(22-12(2)23-19(16)28-17(11)20(25)26-3)24-8-9-27-15(10-24)13-6-4-5-7-14(13)21/h4-7,15H,8-10H2,1-3H3. The molecule has 0 saturated carbocycles. The summed E-state index contributed by atoms with van der Waals surface area (Å²) in [4.78, 5) is 24.9. The number of methoxy groups -OCH3 is 1. The second-order valence-electron chi connectivity index (χ2n) is 6.65. The normalized spacial score (nSPS) is 17.1. The topological polar surface area (TPSA) is 64.5 Å². The predicted octanol–water partition coefficient (Wildman–Crippen LogP) is 4.33. The lowest BCUT2D eigenvalue weighted by molar-refractivity contribution is 0.0397. The van der Waals surface area contributed by atoms with Gasteiger partial charge >= 0.3 is 5.97 Å². The van der Waals surface area contributed by atoms with E-state index in [1.165, 1.54) is 18.4 Å². The third-order valence-electron chi connectivity index (χ3n) is 4.87. The number of anilines is 1. The molecule has 3 aromatic rings. The molecule has 6 nitrogen and oxygen atoms in total. The fraction of sp³-hybridized carbons (Fsp3) is 0.350. The van der Waals surface area contributed by atoms with E-state index in [4.69, 9.17) is 26.1 Å². The molecule has 1 atom stereocenters. The Morgan fingerprint density at radius 2 is 2.11 bits per heavy atom. The van der Waals surface area contributed by atoms with Gasteiger partial charge in [-0.05, 0) is 25.5 Å². The Morgan fingerprint density at radius 1 is 1.32 bits per heavy atom. The molecule has 1 aliphatic rings. The maximum Gasteiger partial charge on any atom is 0.348 e. The largest absolute Gasteiger partial charge is 0.465 e. The number of carbonyl (C=O) groups excluding carboxylic acids is 1. The summed E-state index contributed by atoms with van der Waals surface area (Å²) in [6.07, 6.45) is -0.146. The number of hydrogen-bond acceptors (Lipinski definition) is 7. The van der Waals surface area contributed by atoms with Crippen LogP contribution in [0.5, 0.6) is 0 Å². The smallest absolute Gasteiger partial charge is 0.348 e. The zero-order valence-corrected chi connectivity index (χ0v) is 17.4. The average molecular weight is 418 g/mol. The van der Waals surface area contributed by atoms with Gasteiger partial charge in [-0.1, -0.05) is 29.8 Å². The molecule has 0 N–H and O–H groups in total. The molecule has 146 valence electrons. The van der Waals surface area contributed by atoms with Crippen LogP contribution in [0.15, 0.2) is 24.3 Å². The molecule has 2 aromatic heterocycles. The van der Waals surface area contributed by atoms with Gasteiger partial charge in [0.25, 0.3) is 0 Å². The van der Waals surface area contributed by atoms with Crippen LogP contribution in [0.25, 0.3) is 10.2 Å². The van der Waals surface area contributed by atoms with E-state index in [0.717, 1.165) is 27.2 Å². The third kappa shape index (κ3) is 3.34. The van der Waals surface area contributed by atoms with Crippen LogP contribution in [0.4, 0.5) is 5.82 Å². The highest BCUT2D eigenvalue weighted by atomic mass is 35.5. The molecule has 28 heavy (non-hydrogen) atoms. The predicted molar refractivity (Wildman–Crippen MR) is 111 cm³/mol. The van der Waals surface area contributed by atoms with Crippen LogP contribution >= 0.6 is 22.9 Å². The minimum absolute atomic E-state index is 0.146. The first-order valence-electron chi connectivity index (χ1n) is 8.96. The van der Waals surface area contributed by atoms with Crippen molar-refractivity contribution >= 4 is 44.9 Å². The number of hydrogen-bond donors (Lipinski definition) is 0. The number of aromatic nitrogens is 2. The molecular weight excluding hydrogens is 398 g/mol. The van der Waals surface area contributed by atoms with Crippen LogP contribution in [0.1, 0.15) is 32.7 Å². The van der Waals surface area contributed by atoms with Gasteiger partial charge in [0.2, 0.25) is 0 Å². The molecule has 1 saturated heterocycles. The highest BCUT2D eigenvalue weighted by Crippen LogP contribution is 2.38. The lowest BCUT2D eigenvalue weighted by atomic mass is 10.1. The van der Waals surface area contributed by atoms with Crippen LogP contribution in [0.2, 0.25) is 5.02 Å². The zero-order chi connectivity index (χ0) is 19.8. The second kappa shape index (κ2) is 7.66. The summed E-state index contributed by atoms with van der Waals surface area (Å²) in [6, 6.07) is 7.73. The number of carbonyl (C=O) groups is 1. The van der Waals surface area contributed by atoms with Crippen LogP contribution < -0.4 is 4.90 Å². The Hall–Kier alpha value is -2.22. The Balaban J connectivity index is 1.77. The van der Waals surface area contributed by atoms with Gasteiger partial charge in [-0.3, -0.25) is 0 Å². The van der Waals surface area contributed by atoms with Crippen molar-refractivity contribution in [2.45, 2.75) is 20.0 Å². The van der Waals surface area contributed by atoms with Gasteiger partial charge < -0.3 is 14.4 Å². The quantitative estimate of drug-likeness (QED) is 0.591. The van der Waals surface area contributed by atoms with E-state index in [2.05, 4.69) is 9.88 Å². The number of halogens is 1. The van der Waals surface area contributed by atoms with Crippen molar-refractivity contribution in [3.8, 4) is 0 Å². The van der Waals surface area contributed by atoms with E-state index >= 15 is 0 Å². The fourth-order valence-corrected chi connectivity index (χ4v) is 4.90. The molecule has 0 spiro atoms. The van der Waals surface area contributed by atoms with E-state index in [9.17, 15) is 4.79 Å². The van der Waals surface area contributed by atoms with E-state index in [1.807, 2.05) is 38.1 Å². The van der Waals surface area contributed by atoms with Crippen molar-refractivity contribution in [3.05, 3.63) is 51.1 Å². The molecule has 1 fully saturated rings. The second-order valence-corrected chi connectivity index (χ2v) is 8.06. The van der Waals surface area contributed by atoms with Crippen molar-refractivity contribution in [3.63, 3.8) is 0 Å². The fourth-order valence-electron chi connectivity index (χ4n) is 3.50. The molecule has 0 radical (unpaired) electrons. The maximum absolute atomic E-state index is 12.1. The van der Waals surface area contributed by atoms with Crippen LogP contribution in [-0.2, 0) is 9.47 Å². The van der Waals surface area contributed by atoms with Crippen molar-refractivity contribution in [2.75, 3.05) is 31.7 Å². The summed E-state index contributed by atoms with van der Waals surface area (Å²) >= 11 is 7.72. The number of morpholine rings is 1. The summed E-state index contributed by atoms with van der Waals surface area (Å²) in [5, 5.41) is 1.59. The number of fused-ring (bicyclic) bond motifs is 1. The molecule has 1 unspecified atom stereocenters. The van der Waals surface area contributed by atoms with Crippen molar-refractivity contribution < 1.29 is 14.3 Å². The number of esters is 1. The molecule has 0 aliphatic carbocycles. The Labute approximate surface area is 172 Å². The van der Waals surface area contributed by atoms with Crippen LogP contribution in [0, 0.1) is 13.8 Å². The minimum Gasteiger partial charge on any atom is -0.465 e. The third-order valence-corrected chi connectivity index (χ3v) is 6.38. The van der Waals surface area contributed by atoms with Gasteiger partial charge in [-0.2, -0.15) is 0 Å². The zero-order valence-electron chi connectivity index (χ0n) is 15.9. The van der Waals surface area contributed by atoms with E-state index in [-0.39, 0.29) is 12.1 Å². The van der Waals surface area contributed by atoms with Gasteiger partial charge in [0.1, 0.15) is 27.5 Å². The average Bonchev–Trinajstić information content (AvgIpc) is 3.03. The molecule has 1 aliphatic heterocycles. The van der Waals surface area contributed by atoms with Gasteiger partial charge in [-0.25, -0.2) is 14.8 Å². The first kappa shape index (κ1) is 19.1. The van der Waals surface area contributed by atoms with E-state index in [0.29, 0.717) is 35.4 Å². The molecule has 0 amide bonds. The number of ether oxygens (including phenoxy) is 2. The van der Waals surface area contributed by atoms with Gasteiger partial charge in [0.15, 0.2) is 0 Å². The molecule has 0 bridgehead atoms. The molecule has 3 heterocycles. The van der Waals surface area contributed by atoms with Gasteiger partial charge in [-0.15, -0.1) is 11.3 Å². The number of nitrogens with zero attached hydrogens (tertiary/aromatic N) is 3. The summed E-state index contributed by atoms with van der Waals surface area (Å²) in [5.74, 6) is 1.15. The number of rotatable bonds is 3. The SMILES string of the molecule is COC(=O)c1sc2nc(C)nc(N3CCOC(c4ccccc4Cl)C3)c2c1C. The highest BCUT2D eigenvalue weighted by molar-refractivity contribution is 7.20. The molecule has 8 heteroatoms. The number of aryl methyl sites for hydroxylation is 2. The van der Waals surface area contributed by atoms with Crippen molar-refractivity contribution in [1.29, 1.82) is 0 Å². The molecular formula is C20H20ClN3O3S. The summed E-state index contributed by atoms with van der Waals surface area (Å²) in [5.41, 5.74) is 1.82. The van der Waals surface area contributed by atoms with Crippen molar-refractivity contribution in [2.24, 2.45) is 0 Å². The molecule has 1 aromatic carbocycles. The first-order valence-corrected chi connectivity index (χ1v) is 10.2. The van der Waals surface area contributed by atoms with E-state index < -0.39 is 0 Å². The Kier molecular flexibility index (Phi) is 5.23. The Bertz CT molecular complexity index is 1050. The van der Waals surface area contributed by atoms with E-state index in [1.54, 1.807) is 0 Å². The highest BCUT2D eigenvalue weighted by Gasteiger charge is 2.28. The van der Waals surface area contributed by atoms with Gasteiger partial charge in [0.05, 0.1) is 19.1 Å². The summed E-state index contributed by atoms with van der Waals surface area (Å²) in [6.45, 7) is 5.67. The lowest BCUT2D eigenvalue weighted by Gasteiger charge is -2.34. The van der Waals surface area contributed by atoms with Crippen LogP contribution in [0.3, 0.4) is 0 Å². The molecule has 4 rings (SSSR count). The van der Waals surface area contributed by atoms with Crippen molar-refractivity contribution in [1.82, 2.24) is 9.97 Å².